The first kappa shape index (κ1) is 23.4. The lowest BCUT2D eigenvalue weighted by Gasteiger charge is -2.18. The van der Waals surface area contributed by atoms with Crippen molar-refractivity contribution in [2.45, 2.75) is 37.2 Å². The molecule has 2 aromatic carbocycles. The third-order valence-corrected chi connectivity index (χ3v) is 6.64. The number of anilines is 1. The maximum Gasteiger partial charge on any atom is 0.282 e. The number of aromatic nitrogens is 4. The normalized spacial score (nSPS) is 11.9. The summed E-state index contributed by atoms with van der Waals surface area (Å²) >= 11 is 1.25. The largest absolute Gasteiger partial charge is 0.497 e. The molecule has 2 aromatic heterocycles. The summed E-state index contributed by atoms with van der Waals surface area (Å²) in [5, 5.41) is 2.92. The van der Waals surface area contributed by atoms with E-state index in [4.69, 9.17) is 4.74 Å². The Bertz CT molecular complexity index is 1350. The lowest BCUT2D eigenvalue weighted by Crippen LogP contribution is -2.29. The van der Waals surface area contributed by atoms with Crippen molar-refractivity contribution in [1.82, 2.24) is 19.5 Å². The summed E-state index contributed by atoms with van der Waals surface area (Å²) in [6, 6.07) is 15.1. The van der Waals surface area contributed by atoms with Crippen LogP contribution in [0.1, 0.15) is 24.5 Å². The molecule has 9 heteroatoms. The first-order valence-corrected chi connectivity index (χ1v) is 11.7. The van der Waals surface area contributed by atoms with Crippen LogP contribution >= 0.6 is 11.8 Å². The molecule has 8 nitrogen and oxygen atoms in total. The second-order valence-electron chi connectivity index (χ2n) is 7.73. The quantitative estimate of drug-likeness (QED) is 0.303. The van der Waals surface area contributed by atoms with Crippen LogP contribution in [0.5, 0.6) is 5.75 Å². The fourth-order valence-electron chi connectivity index (χ4n) is 3.38. The van der Waals surface area contributed by atoms with Crippen molar-refractivity contribution in [3.63, 3.8) is 0 Å². The lowest BCUT2D eigenvalue weighted by molar-refractivity contribution is -0.115. The summed E-state index contributed by atoms with van der Waals surface area (Å²) in [7, 11) is 1.60. The zero-order valence-corrected chi connectivity index (χ0v) is 20.0. The van der Waals surface area contributed by atoms with Crippen LogP contribution in [-0.4, -0.2) is 37.8 Å². The SMILES string of the molecule is CC[C@H](Sc1nc2nccnc2c(=O)n1Cc1ccc(OC)cc1)C(=O)Nc1ccc(C)cc1. The predicted molar refractivity (Wildman–Crippen MR) is 133 cm³/mol. The number of ether oxygens (including phenoxy) is 1. The zero-order chi connectivity index (χ0) is 24.1. The van der Waals surface area contributed by atoms with Gasteiger partial charge in [0.15, 0.2) is 16.3 Å². The van der Waals surface area contributed by atoms with Crippen LogP contribution in [0.2, 0.25) is 0 Å². The smallest absolute Gasteiger partial charge is 0.282 e. The molecule has 34 heavy (non-hydrogen) atoms. The summed E-state index contributed by atoms with van der Waals surface area (Å²) < 4.78 is 6.77. The number of amides is 1. The standard InChI is InChI=1S/C25H25N5O3S/c1-4-20(23(31)28-18-9-5-16(2)6-10-18)34-25-29-22-21(26-13-14-27-22)24(32)30(25)15-17-7-11-19(33-3)12-8-17/h5-14,20H,4,15H2,1-3H3,(H,28,31)/t20-/m0/s1. The molecule has 0 saturated carbocycles. The Hall–Kier alpha value is -3.72. The van der Waals surface area contributed by atoms with Gasteiger partial charge in [-0.3, -0.25) is 14.2 Å². The zero-order valence-electron chi connectivity index (χ0n) is 19.2. The van der Waals surface area contributed by atoms with E-state index in [9.17, 15) is 9.59 Å². The molecule has 1 atom stereocenters. The highest BCUT2D eigenvalue weighted by atomic mass is 32.2. The number of rotatable bonds is 8. The fourth-order valence-corrected chi connectivity index (χ4v) is 4.38. The van der Waals surface area contributed by atoms with Crippen LogP contribution in [0.25, 0.3) is 11.2 Å². The van der Waals surface area contributed by atoms with E-state index in [1.165, 1.54) is 24.2 Å². The van der Waals surface area contributed by atoms with Gasteiger partial charge in [0.05, 0.1) is 18.9 Å². The van der Waals surface area contributed by atoms with Crippen LogP contribution in [-0.2, 0) is 11.3 Å². The predicted octanol–water partition coefficient (Wildman–Crippen LogP) is 4.06. The molecule has 2 heterocycles. The number of hydrogen-bond acceptors (Lipinski definition) is 7. The summed E-state index contributed by atoms with van der Waals surface area (Å²) in [6.07, 6.45) is 3.53. The number of aryl methyl sites for hydroxylation is 1. The molecular formula is C25H25N5O3S. The van der Waals surface area contributed by atoms with E-state index in [0.29, 0.717) is 11.6 Å². The van der Waals surface area contributed by atoms with Gasteiger partial charge in [0.25, 0.3) is 5.56 Å². The van der Waals surface area contributed by atoms with E-state index in [2.05, 4.69) is 20.3 Å². The first-order chi connectivity index (χ1) is 16.5. The van der Waals surface area contributed by atoms with Gasteiger partial charge in [-0.05, 0) is 43.2 Å². The molecule has 0 aliphatic carbocycles. The van der Waals surface area contributed by atoms with Crippen molar-refractivity contribution >= 4 is 34.5 Å². The highest BCUT2D eigenvalue weighted by Crippen LogP contribution is 2.26. The average Bonchev–Trinajstić information content (AvgIpc) is 2.86. The minimum Gasteiger partial charge on any atom is -0.497 e. The van der Waals surface area contributed by atoms with Gasteiger partial charge in [0, 0.05) is 18.1 Å². The van der Waals surface area contributed by atoms with Crippen LogP contribution < -0.4 is 15.6 Å². The van der Waals surface area contributed by atoms with Gasteiger partial charge in [-0.2, -0.15) is 0 Å². The number of carbonyl (C=O) groups is 1. The Morgan fingerprint density at radius 2 is 1.79 bits per heavy atom. The van der Waals surface area contributed by atoms with Crippen LogP contribution in [0.3, 0.4) is 0 Å². The minimum absolute atomic E-state index is 0.152. The van der Waals surface area contributed by atoms with Gasteiger partial charge in [-0.15, -0.1) is 0 Å². The topological polar surface area (TPSA) is 99.0 Å². The third kappa shape index (κ3) is 5.26. The Balaban J connectivity index is 1.67. The van der Waals surface area contributed by atoms with Crippen molar-refractivity contribution in [2.75, 3.05) is 12.4 Å². The average molecular weight is 476 g/mol. The Labute approximate surface area is 201 Å². The molecule has 0 spiro atoms. The second kappa shape index (κ2) is 10.5. The van der Waals surface area contributed by atoms with Gasteiger partial charge in [0.2, 0.25) is 5.91 Å². The van der Waals surface area contributed by atoms with E-state index >= 15 is 0 Å². The minimum atomic E-state index is -0.454. The summed E-state index contributed by atoms with van der Waals surface area (Å²) in [5.74, 6) is 0.577. The number of thioether (sulfide) groups is 1. The number of fused-ring (bicyclic) bond motifs is 1. The van der Waals surface area contributed by atoms with Gasteiger partial charge in [0.1, 0.15) is 5.75 Å². The molecule has 1 N–H and O–H groups in total. The summed E-state index contributed by atoms with van der Waals surface area (Å²) in [6.45, 7) is 4.20. The molecule has 4 aromatic rings. The molecule has 0 fully saturated rings. The molecule has 0 unspecified atom stereocenters. The number of nitrogens with one attached hydrogen (secondary N) is 1. The highest BCUT2D eigenvalue weighted by Gasteiger charge is 2.23. The molecular weight excluding hydrogens is 450 g/mol. The Morgan fingerprint density at radius 3 is 2.47 bits per heavy atom. The molecule has 0 bridgehead atoms. The molecule has 174 valence electrons. The number of carbonyl (C=O) groups excluding carboxylic acids is 1. The molecule has 4 rings (SSSR count). The number of hydrogen-bond donors (Lipinski definition) is 1. The van der Waals surface area contributed by atoms with E-state index in [0.717, 1.165) is 22.6 Å². The highest BCUT2D eigenvalue weighted by molar-refractivity contribution is 8.00. The lowest BCUT2D eigenvalue weighted by atomic mass is 10.2. The van der Waals surface area contributed by atoms with Crippen LogP contribution in [0.15, 0.2) is 70.9 Å². The van der Waals surface area contributed by atoms with E-state index in [1.807, 2.05) is 62.4 Å². The van der Waals surface area contributed by atoms with Gasteiger partial charge in [-0.1, -0.05) is 48.5 Å². The number of benzene rings is 2. The Kier molecular flexibility index (Phi) is 7.22. The van der Waals surface area contributed by atoms with Gasteiger partial charge >= 0.3 is 0 Å². The fraction of sp³-hybridized carbons (Fsp3) is 0.240. The second-order valence-corrected chi connectivity index (χ2v) is 8.90. The summed E-state index contributed by atoms with van der Waals surface area (Å²) in [5.41, 5.74) is 2.88. The van der Waals surface area contributed by atoms with E-state index in [1.54, 1.807) is 11.7 Å². The van der Waals surface area contributed by atoms with Gasteiger partial charge in [-0.25, -0.2) is 15.0 Å². The van der Waals surface area contributed by atoms with Crippen molar-refractivity contribution in [3.05, 3.63) is 82.4 Å². The van der Waals surface area contributed by atoms with Crippen molar-refractivity contribution in [1.29, 1.82) is 0 Å². The maximum atomic E-state index is 13.3. The van der Waals surface area contributed by atoms with E-state index < -0.39 is 5.25 Å². The molecule has 0 aliphatic heterocycles. The van der Waals surface area contributed by atoms with Crippen molar-refractivity contribution in [3.8, 4) is 5.75 Å². The van der Waals surface area contributed by atoms with Crippen LogP contribution in [0.4, 0.5) is 5.69 Å². The Morgan fingerprint density at radius 1 is 1.09 bits per heavy atom. The molecule has 0 radical (unpaired) electrons. The molecule has 0 aliphatic rings. The van der Waals surface area contributed by atoms with Crippen molar-refractivity contribution in [2.24, 2.45) is 0 Å². The van der Waals surface area contributed by atoms with Gasteiger partial charge < -0.3 is 10.1 Å². The maximum absolute atomic E-state index is 13.3. The number of methoxy groups -OCH3 is 1. The summed E-state index contributed by atoms with van der Waals surface area (Å²) in [4.78, 5) is 39.3. The third-order valence-electron chi connectivity index (χ3n) is 5.29. The van der Waals surface area contributed by atoms with E-state index in [-0.39, 0.29) is 29.2 Å². The van der Waals surface area contributed by atoms with Crippen LogP contribution in [0, 0.1) is 6.92 Å². The van der Waals surface area contributed by atoms with Crippen molar-refractivity contribution < 1.29 is 9.53 Å². The number of nitrogens with zero attached hydrogens (tertiary/aromatic N) is 4. The molecule has 0 saturated heterocycles. The molecule has 1 amide bonds. The first-order valence-electron chi connectivity index (χ1n) is 10.9. The monoisotopic (exact) mass is 475 g/mol.